The van der Waals surface area contributed by atoms with Crippen molar-refractivity contribution in [2.45, 2.75) is 5.79 Å². The highest BCUT2D eigenvalue weighted by molar-refractivity contribution is 5.85. The fraction of sp³-hybridized carbons (Fsp3) is 0.429. The third-order valence-corrected chi connectivity index (χ3v) is 2.89. The highest BCUT2D eigenvalue weighted by Crippen LogP contribution is 2.30. The van der Waals surface area contributed by atoms with E-state index < -0.39 is 5.79 Å². The quantitative estimate of drug-likeness (QED) is 0.781. The lowest BCUT2D eigenvalue weighted by molar-refractivity contribution is -0.268. The molecule has 1 atom stereocenters. The van der Waals surface area contributed by atoms with Crippen LogP contribution in [0.5, 0.6) is 0 Å². The first-order chi connectivity index (χ1) is 8.27. The minimum Gasteiger partial charge on any atom is -0.343 e. The van der Waals surface area contributed by atoms with E-state index in [-0.39, 0.29) is 19.0 Å². The van der Waals surface area contributed by atoms with Gasteiger partial charge in [-0.15, -0.1) is 18.8 Å². The largest absolute Gasteiger partial charge is 0.343 e. The molecule has 0 saturated carbocycles. The predicted molar refractivity (Wildman–Crippen MR) is 73.6 cm³/mol. The van der Waals surface area contributed by atoms with Crippen molar-refractivity contribution in [3.63, 3.8) is 0 Å². The number of rotatable bonds is 3. The van der Waals surface area contributed by atoms with Crippen molar-refractivity contribution in [3.8, 4) is 12.3 Å². The van der Waals surface area contributed by atoms with Crippen LogP contribution in [0.2, 0.25) is 0 Å². The predicted octanol–water partition coefficient (Wildman–Crippen LogP) is 1.87. The van der Waals surface area contributed by atoms with Gasteiger partial charge >= 0.3 is 0 Å². The van der Waals surface area contributed by atoms with E-state index in [2.05, 4.69) is 17.9 Å². The molecule has 98 valence electrons. The molecule has 0 aliphatic carbocycles. The van der Waals surface area contributed by atoms with Crippen LogP contribution in [0.1, 0.15) is 5.56 Å². The van der Waals surface area contributed by atoms with Crippen molar-refractivity contribution in [1.82, 2.24) is 4.90 Å². The van der Waals surface area contributed by atoms with E-state index in [0.717, 1.165) is 12.1 Å². The van der Waals surface area contributed by atoms with Crippen molar-refractivity contribution in [2.24, 2.45) is 0 Å². The Labute approximate surface area is 114 Å². The molecule has 0 amide bonds. The Bertz CT molecular complexity index is 404. The molecule has 1 aliphatic heterocycles. The highest BCUT2D eigenvalue weighted by Gasteiger charge is 2.38. The van der Waals surface area contributed by atoms with Crippen LogP contribution in [0.4, 0.5) is 0 Å². The second-order valence-corrected chi connectivity index (χ2v) is 4.20. The average molecular weight is 268 g/mol. The summed E-state index contributed by atoms with van der Waals surface area (Å²) >= 11 is 0. The molecule has 0 spiro atoms. The molecule has 0 N–H and O–H groups in total. The van der Waals surface area contributed by atoms with Gasteiger partial charge in [0.1, 0.15) is 6.61 Å². The molecular weight excluding hydrogens is 250 g/mol. The van der Waals surface area contributed by atoms with Crippen LogP contribution in [-0.2, 0) is 15.3 Å². The molecule has 1 unspecified atom stereocenters. The van der Waals surface area contributed by atoms with E-state index >= 15 is 0 Å². The number of hydrogen-bond donors (Lipinski definition) is 0. The van der Waals surface area contributed by atoms with Crippen molar-refractivity contribution in [2.75, 3.05) is 33.4 Å². The molecule has 1 aliphatic rings. The molecule has 0 radical (unpaired) electrons. The van der Waals surface area contributed by atoms with Crippen LogP contribution >= 0.6 is 12.4 Å². The summed E-state index contributed by atoms with van der Waals surface area (Å²) in [6, 6.07) is 9.96. The molecule has 4 heteroatoms. The number of ether oxygens (including phenoxy) is 2. The molecule has 3 nitrogen and oxygen atoms in total. The van der Waals surface area contributed by atoms with Crippen molar-refractivity contribution < 1.29 is 9.47 Å². The topological polar surface area (TPSA) is 21.7 Å². The summed E-state index contributed by atoms with van der Waals surface area (Å²) in [6.07, 6.45) is 5.27. The summed E-state index contributed by atoms with van der Waals surface area (Å²) in [5, 5.41) is 0. The van der Waals surface area contributed by atoms with Crippen LogP contribution in [0, 0.1) is 12.3 Å². The fourth-order valence-electron chi connectivity index (χ4n) is 2.04. The summed E-state index contributed by atoms with van der Waals surface area (Å²) in [7, 11) is 2.06. The minimum absolute atomic E-state index is 0. The van der Waals surface area contributed by atoms with Gasteiger partial charge < -0.3 is 9.47 Å². The standard InChI is InChI=1S/C14H17NO2.ClH/c1-3-10-16-14(12-15(2)9-11-17-14)13-7-5-4-6-8-13;/h1,4-8H,9-12H2,2H3;1H. The van der Waals surface area contributed by atoms with Gasteiger partial charge in [0.2, 0.25) is 5.79 Å². The van der Waals surface area contributed by atoms with E-state index in [1.807, 2.05) is 30.3 Å². The molecule has 1 saturated heterocycles. The van der Waals surface area contributed by atoms with Gasteiger partial charge in [-0.2, -0.15) is 0 Å². The van der Waals surface area contributed by atoms with Gasteiger partial charge in [-0.3, -0.25) is 4.90 Å². The Hall–Kier alpha value is -1.05. The number of likely N-dealkylation sites (N-methyl/N-ethyl adjacent to an activating group) is 1. The second kappa shape index (κ2) is 6.77. The maximum atomic E-state index is 5.86. The first kappa shape index (κ1) is 15.0. The average Bonchev–Trinajstić information content (AvgIpc) is 2.37. The Kier molecular flexibility index (Phi) is 5.64. The smallest absolute Gasteiger partial charge is 0.209 e. The Morgan fingerprint density at radius 1 is 1.44 bits per heavy atom. The van der Waals surface area contributed by atoms with E-state index in [4.69, 9.17) is 15.9 Å². The first-order valence-corrected chi connectivity index (χ1v) is 5.72. The van der Waals surface area contributed by atoms with E-state index in [0.29, 0.717) is 13.2 Å². The summed E-state index contributed by atoms with van der Waals surface area (Å²) in [6.45, 7) is 2.51. The maximum Gasteiger partial charge on any atom is 0.209 e. The number of morpholine rings is 1. The Morgan fingerprint density at radius 3 is 2.78 bits per heavy atom. The second-order valence-electron chi connectivity index (χ2n) is 4.20. The van der Waals surface area contributed by atoms with E-state index in [1.165, 1.54) is 0 Å². The normalized spacial score (nSPS) is 24.0. The molecule has 1 aromatic rings. The number of benzene rings is 1. The lowest BCUT2D eigenvalue weighted by Gasteiger charge is -2.40. The third-order valence-electron chi connectivity index (χ3n) is 2.89. The maximum absolute atomic E-state index is 5.86. The zero-order valence-corrected chi connectivity index (χ0v) is 11.3. The van der Waals surface area contributed by atoms with Gasteiger partial charge in [-0.1, -0.05) is 36.3 Å². The molecule has 18 heavy (non-hydrogen) atoms. The van der Waals surface area contributed by atoms with Crippen LogP contribution in [0.3, 0.4) is 0 Å². The highest BCUT2D eigenvalue weighted by atomic mass is 35.5. The summed E-state index contributed by atoms with van der Waals surface area (Å²) in [5.74, 6) is 1.78. The third kappa shape index (κ3) is 3.24. The van der Waals surface area contributed by atoms with Gasteiger partial charge in [-0.25, -0.2) is 0 Å². The van der Waals surface area contributed by atoms with Gasteiger partial charge in [0, 0.05) is 12.1 Å². The molecule has 1 fully saturated rings. The van der Waals surface area contributed by atoms with Crippen LogP contribution in [-0.4, -0.2) is 38.3 Å². The minimum atomic E-state index is -0.722. The van der Waals surface area contributed by atoms with Crippen LogP contribution in [0.25, 0.3) is 0 Å². The molecule has 0 aromatic heterocycles. The van der Waals surface area contributed by atoms with Crippen LogP contribution < -0.4 is 0 Å². The van der Waals surface area contributed by atoms with Gasteiger partial charge in [0.25, 0.3) is 0 Å². The molecule has 1 aromatic carbocycles. The Balaban J connectivity index is 0.00000162. The van der Waals surface area contributed by atoms with Gasteiger partial charge in [0.05, 0.1) is 13.2 Å². The van der Waals surface area contributed by atoms with Crippen molar-refractivity contribution in [1.29, 1.82) is 0 Å². The number of halogens is 1. The SMILES string of the molecule is C#CCOC1(c2ccccc2)CN(C)CCO1.Cl. The monoisotopic (exact) mass is 267 g/mol. The Morgan fingerprint density at radius 2 is 2.17 bits per heavy atom. The fourth-order valence-corrected chi connectivity index (χ4v) is 2.04. The summed E-state index contributed by atoms with van der Waals surface area (Å²) < 4.78 is 11.6. The van der Waals surface area contributed by atoms with E-state index in [1.54, 1.807) is 0 Å². The summed E-state index contributed by atoms with van der Waals surface area (Å²) in [4.78, 5) is 2.19. The molecule has 1 heterocycles. The lowest BCUT2D eigenvalue weighted by Crippen LogP contribution is -2.50. The van der Waals surface area contributed by atoms with E-state index in [9.17, 15) is 0 Å². The molecular formula is C14H18ClNO2. The van der Waals surface area contributed by atoms with Gasteiger partial charge in [-0.05, 0) is 7.05 Å². The van der Waals surface area contributed by atoms with Crippen molar-refractivity contribution >= 4 is 12.4 Å². The zero-order valence-electron chi connectivity index (χ0n) is 10.5. The number of hydrogen-bond acceptors (Lipinski definition) is 3. The first-order valence-electron chi connectivity index (χ1n) is 5.72. The van der Waals surface area contributed by atoms with Crippen molar-refractivity contribution in [3.05, 3.63) is 35.9 Å². The van der Waals surface area contributed by atoms with Gasteiger partial charge in [0.15, 0.2) is 0 Å². The number of nitrogens with zero attached hydrogens (tertiary/aromatic N) is 1. The lowest BCUT2D eigenvalue weighted by atomic mass is 10.0. The zero-order chi connectivity index (χ0) is 12.1. The molecule has 0 bridgehead atoms. The molecule has 2 rings (SSSR count). The number of terminal acetylenes is 1. The van der Waals surface area contributed by atoms with Crippen LogP contribution in [0.15, 0.2) is 30.3 Å². The summed E-state index contributed by atoms with van der Waals surface area (Å²) in [5.41, 5.74) is 1.02.